The van der Waals surface area contributed by atoms with E-state index >= 15 is 0 Å². The SMILES string of the molecule is O=C(N[C@H]1C[C@H]2CNC[C@H]2C[C@@H]1O)c1ccc(C(F)(F)F)nc1. The summed E-state index contributed by atoms with van der Waals surface area (Å²) in [4.78, 5) is 15.4. The van der Waals surface area contributed by atoms with E-state index in [4.69, 9.17) is 0 Å². The lowest BCUT2D eigenvalue weighted by Crippen LogP contribution is -2.49. The highest BCUT2D eigenvalue weighted by atomic mass is 19.4. The van der Waals surface area contributed by atoms with Gasteiger partial charge in [0.05, 0.1) is 17.7 Å². The van der Waals surface area contributed by atoms with E-state index in [2.05, 4.69) is 15.6 Å². The van der Waals surface area contributed by atoms with E-state index in [0.717, 1.165) is 31.4 Å². The summed E-state index contributed by atoms with van der Waals surface area (Å²) in [6.45, 7) is 1.75. The van der Waals surface area contributed by atoms with Crippen molar-refractivity contribution in [3.8, 4) is 0 Å². The van der Waals surface area contributed by atoms with Gasteiger partial charge in [-0.05, 0) is 49.9 Å². The molecule has 4 atom stereocenters. The third-order valence-corrected chi connectivity index (χ3v) is 4.68. The Bertz CT molecular complexity index is 576. The van der Waals surface area contributed by atoms with Gasteiger partial charge >= 0.3 is 6.18 Å². The number of amides is 1. The molecule has 1 aromatic rings. The number of halogens is 3. The highest BCUT2D eigenvalue weighted by Crippen LogP contribution is 2.33. The smallest absolute Gasteiger partial charge is 0.391 e. The summed E-state index contributed by atoms with van der Waals surface area (Å²) in [6.07, 6.45) is -2.97. The van der Waals surface area contributed by atoms with Crippen molar-refractivity contribution in [3.05, 3.63) is 29.6 Å². The molecule has 0 spiro atoms. The number of fused-ring (bicyclic) bond motifs is 1. The fourth-order valence-electron chi connectivity index (χ4n) is 3.40. The fraction of sp³-hybridized carbons (Fsp3) is 0.600. The molecule has 0 unspecified atom stereocenters. The van der Waals surface area contributed by atoms with Gasteiger partial charge in [-0.2, -0.15) is 13.2 Å². The Kier molecular flexibility index (Phi) is 4.29. The number of rotatable bonds is 2. The van der Waals surface area contributed by atoms with Crippen LogP contribution in [0.3, 0.4) is 0 Å². The number of hydrogen-bond acceptors (Lipinski definition) is 4. The number of carbonyl (C=O) groups excluding carboxylic acids is 1. The lowest BCUT2D eigenvalue weighted by Gasteiger charge is -2.35. The molecule has 8 heteroatoms. The van der Waals surface area contributed by atoms with Crippen molar-refractivity contribution in [1.29, 1.82) is 0 Å². The molecule has 2 fully saturated rings. The average Bonchev–Trinajstić information content (AvgIpc) is 2.94. The Morgan fingerprint density at radius 1 is 1.26 bits per heavy atom. The van der Waals surface area contributed by atoms with Gasteiger partial charge in [-0.25, -0.2) is 0 Å². The molecule has 2 aliphatic rings. The number of aliphatic hydroxyl groups excluding tert-OH is 1. The Morgan fingerprint density at radius 2 is 1.96 bits per heavy atom. The molecule has 1 amide bonds. The zero-order valence-electron chi connectivity index (χ0n) is 12.3. The van der Waals surface area contributed by atoms with Crippen molar-refractivity contribution in [2.75, 3.05) is 13.1 Å². The van der Waals surface area contributed by atoms with Crippen LogP contribution in [0.5, 0.6) is 0 Å². The second kappa shape index (κ2) is 6.09. The molecule has 3 N–H and O–H groups in total. The van der Waals surface area contributed by atoms with E-state index in [-0.39, 0.29) is 11.6 Å². The minimum Gasteiger partial charge on any atom is -0.391 e. The molecule has 1 saturated carbocycles. The fourth-order valence-corrected chi connectivity index (χ4v) is 3.40. The molecule has 1 aliphatic heterocycles. The van der Waals surface area contributed by atoms with Crippen LogP contribution in [0.15, 0.2) is 18.3 Å². The topological polar surface area (TPSA) is 74.2 Å². The van der Waals surface area contributed by atoms with Crippen LogP contribution >= 0.6 is 0 Å². The molecule has 5 nitrogen and oxygen atoms in total. The van der Waals surface area contributed by atoms with E-state index in [9.17, 15) is 23.1 Å². The van der Waals surface area contributed by atoms with Gasteiger partial charge in [-0.3, -0.25) is 9.78 Å². The van der Waals surface area contributed by atoms with Crippen LogP contribution in [0, 0.1) is 11.8 Å². The molecule has 1 saturated heterocycles. The molecule has 3 rings (SSSR count). The number of nitrogens with zero attached hydrogens (tertiary/aromatic N) is 1. The monoisotopic (exact) mass is 329 g/mol. The van der Waals surface area contributed by atoms with E-state index in [0.29, 0.717) is 24.7 Å². The van der Waals surface area contributed by atoms with Crippen molar-refractivity contribution < 1.29 is 23.1 Å². The van der Waals surface area contributed by atoms with E-state index in [1.807, 2.05) is 0 Å². The Hall–Kier alpha value is -1.67. The predicted octanol–water partition coefficient (Wildman–Crippen LogP) is 1.19. The largest absolute Gasteiger partial charge is 0.433 e. The number of alkyl halides is 3. The molecule has 126 valence electrons. The molecular formula is C15H18F3N3O2. The standard InChI is InChI=1S/C15H18F3N3O2/c16-15(17,18)13-2-1-8(7-20-13)14(23)21-11-3-9-5-19-6-10(9)4-12(11)22/h1-2,7,9-12,19,22H,3-6H2,(H,21,23)/t9-,10+,11-,12-/m0/s1. The first kappa shape index (κ1) is 16.2. The van der Waals surface area contributed by atoms with Gasteiger partial charge in [0.15, 0.2) is 0 Å². The van der Waals surface area contributed by atoms with Crippen LogP contribution in [-0.4, -0.2) is 41.2 Å². The van der Waals surface area contributed by atoms with Gasteiger partial charge in [0, 0.05) is 6.20 Å². The highest BCUT2D eigenvalue weighted by Gasteiger charge is 2.39. The maximum absolute atomic E-state index is 12.5. The van der Waals surface area contributed by atoms with Gasteiger partial charge in [-0.1, -0.05) is 0 Å². The maximum Gasteiger partial charge on any atom is 0.433 e. The second-order valence-electron chi connectivity index (χ2n) is 6.23. The van der Waals surface area contributed by atoms with Crippen molar-refractivity contribution >= 4 is 5.91 Å². The van der Waals surface area contributed by atoms with Crippen molar-refractivity contribution in [3.63, 3.8) is 0 Å². The number of hydrogen-bond donors (Lipinski definition) is 3. The minimum atomic E-state index is -4.53. The van der Waals surface area contributed by atoms with Crippen LogP contribution in [-0.2, 0) is 6.18 Å². The molecule has 2 heterocycles. The number of nitrogens with one attached hydrogen (secondary N) is 2. The van der Waals surface area contributed by atoms with Gasteiger partial charge in [0.2, 0.25) is 0 Å². The van der Waals surface area contributed by atoms with Crippen LogP contribution in [0.1, 0.15) is 28.9 Å². The van der Waals surface area contributed by atoms with Gasteiger partial charge in [-0.15, -0.1) is 0 Å². The second-order valence-corrected chi connectivity index (χ2v) is 6.23. The summed E-state index contributed by atoms with van der Waals surface area (Å²) >= 11 is 0. The van der Waals surface area contributed by atoms with Crippen LogP contribution in [0.25, 0.3) is 0 Å². The van der Waals surface area contributed by atoms with Crippen LogP contribution in [0.2, 0.25) is 0 Å². The molecule has 0 radical (unpaired) electrons. The predicted molar refractivity (Wildman–Crippen MR) is 75.6 cm³/mol. The van der Waals surface area contributed by atoms with Gasteiger partial charge < -0.3 is 15.7 Å². The zero-order chi connectivity index (χ0) is 16.6. The summed E-state index contributed by atoms with van der Waals surface area (Å²) < 4.78 is 37.4. The highest BCUT2D eigenvalue weighted by molar-refractivity contribution is 5.94. The summed E-state index contributed by atoms with van der Waals surface area (Å²) in [5, 5.41) is 16.1. The summed E-state index contributed by atoms with van der Waals surface area (Å²) in [6, 6.07) is 1.50. The van der Waals surface area contributed by atoms with Crippen LogP contribution in [0.4, 0.5) is 13.2 Å². The number of pyridine rings is 1. The van der Waals surface area contributed by atoms with E-state index in [1.165, 1.54) is 0 Å². The first-order chi connectivity index (χ1) is 10.8. The first-order valence-electron chi connectivity index (χ1n) is 7.57. The van der Waals surface area contributed by atoms with Gasteiger partial charge in [0.1, 0.15) is 5.69 Å². The lowest BCUT2D eigenvalue weighted by molar-refractivity contribution is -0.141. The lowest BCUT2D eigenvalue weighted by atomic mass is 9.77. The molecular weight excluding hydrogens is 311 g/mol. The maximum atomic E-state index is 12.5. The summed E-state index contributed by atoms with van der Waals surface area (Å²) in [5.74, 6) is 0.319. The van der Waals surface area contributed by atoms with E-state index in [1.54, 1.807) is 0 Å². The molecule has 0 bridgehead atoms. The van der Waals surface area contributed by atoms with Gasteiger partial charge in [0.25, 0.3) is 5.91 Å². The van der Waals surface area contributed by atoms with Crippen molar-refractivity contribution in [2.45, 2.75) is 31.2 Å². The number of carbonyl (C=O) groups is 1. The van der Waals surface area contributed by atoms with Crippen molar-refractivity contribution in [1.82, 2.24) is 15.6 Å². The molecule has 23 heavy (non-hydrogen) atoms. The molecule has 1 aliphatic carbocycles. The zero-order valence-corrected chi connectivity index (χ0v) is 12.3. The number of aliphatic hydroxyl groups is 1. The van der Waals surface area contributed by atoms with Crippen molar-refractivity contribution in [2.24, 2.45) is 11.8 Å². The normalized spacial score (nSPS) is 30.8. The summed E-state index contributed by atoms with van der Waals surface area (Å²) in [7, 11) is 0. The Balaban J connectivity index is 1.64. The quantitative estimate of drug-likeness (QED) is 0.762. The van der Waals surface area contributed by atoms with Crippen LogP contribution < -0.4 is 10.6 Å². The third kappa shape index (κ3) is 3.48. The first-order valence-corrected chi connectivity index (χ1v) is 7.57. The Labute approximate surface area is 131 Å². The molecule has 1 aromatic heterocycles. The third-order valence-electron chi connectivity index (χ3n) is 4.68. The van der Waals surface area contributed by atoms with E-state index < -0.39 is 23.9 Å². The minimum absolute atomic E-state index is 0.0527. The summed E-state index contributed by atoms with van der Waals surface area (Å²) in [5.41, 5.74) is -0.983. The molecule has 0 aromatic carbocycles. The average molecular weight is 329 g/mol. The number of aromatic nitrogens is 1. The Morgan fingerprint density at radius 3 is 2.57 bits per heavy atom.